The normalized spacial score (nSPS) is 11.5. The number of nitrogens with one attached hydrogen (secondary N) is 1. The second-order valence-electron chi connectivity index (χ2n) is 13.0. The number of aromatic nitrogens is 1. The van der Waals surface area contributed by atoms with E-state index >= 15 is 0 Å². The minimum Gasteiger partial charge on any atom is -0.492 e. The van der Waals surface area contributed by atoms with Crippen LogP contribution in [0.5, 0.6) is 11.5 Å². The van der Waals surface area contributed by atoms with Gasteiger partial charge in [-0.05, 0) is 71.3 Å². The Balaban J connectivity index is 0.991. The van der Waals surface area contributed by atoms with Crippen LogP contribution in [-0.2, 0) is 29.7 Å². The zero-order valence-corrected chi connectivity index (χ0v) is 30.3. The first-order valence-corrected chi connectivity index (χ1v) is 19.4. The highest BCUT2D eigenvalue weighted by Crippen LogP contribution is 2.35. The predicted octanol–water partition coefficient (Wildman–Crippen LogP) is 8.24. The molecule has 0 saturated carbocycles. The molecule has 7 rings (SSSR count). The minimum absolute atomic E-state index is 0.0931. The lowest BCUT2D eigenvalue weighted by molar-refractivity contribution is 0.0990. The van der Waals surface area contributed by atoms with Crippen molar-refractivity contribution in [3.05, 3.63) is 174 Å². The molecule has 0 bridgehead atoms. The Kier molecular flexibility index (Phi) is 10.8. The summed E-state index contributed by atoms with van der Waals surface area (Å²) in [6.45, 7) is 2.38. The molecule has 8 nitrogen and oxygen atoms in total. The molecule has 268 valence electrons. The average molecular weight is 724 g/mol. The number of anilines is 1. The van der Waals surface area contributed by atoms with Crippen LogP contribution in [0.1, 0.15) is 27.0 Å². The van der Waals surface area contributed by atoms with Gasteiger partial charge in [0.25, 0.3) is 0 Å². The van der Waals surface area contributed by atoms with Gasteiger partial charge in [0.15, 0.2) is 5.78 Å². The summed E-state index contributed by atoms with van der Waals surface area (Å²) in [6, 6.07) is 49.1. The highest BCUT2D eigenvalue weighted by Gasteiger charge is 2.19. The summed E-state index contributed by atoms with van der Waals surface area (Å²) in [4.78, 5) is 13.0. The fraction of sp³-hybridized carbons (Fsp3) is 0.159. The van der Waals surface area contributed by atoms with E-state index in [0.29, 0.717) is 37.6 Å². The smallest absolute Gasteiger partial charge is 0.232 e. The number of fused-ring (bicyclic) bond motifs is 3. The summed E-state index contributed by atoms with van der Waals surface area (Å²) in [6.07, 6.45) is 1.18. The van der Waals surface area contributed by atoms with Gasteiger partial charge in [-0.2, -0.15) is 0 Å². The van der Waals surface area contributed by atoms with E-state index in [9.17, 15) is 13.2 Å². The molecule has 0 amide bonds. The van der Waals surface area contributed by atoms with E-state index in [1.54, 1.807) is 24.3 Å². The third kappa shape index (κ3) is 8.77. The lowest BCUT2D eigenvalue weighted by atomic mass is 10.1. The van der Waals surface area contributed by atoms with E-state index in [4.69, 9.17) is 9.47 Å². The molecule has 6 aromatic carbocycles. The third-order valence-electron chi connectivity index (χ3n) is 9.12. The fourth-order valence-corrected chi connectivity index (χ4v) is 7.31. The highest BCUT2D eigenvalue weighted by molar-refractivity contribution is 7.92. The van der Waals surface area contributed by atoms with Crippen molar-refractivity contribution in [1.82, 2.24) is 9.88 Å². The molecule has 1 heterocycles. The van der Waals surface area contributed by atoms with Gasteiger partial charge in [-0.3, -0.25) is 9.10 Å². The molecule has 1 N–H and O–H groups in total. The Morgan fingerprint density at radius 3 is 1.96 bits per heavy atom. The minimum atomic E-state index is -3.53. The predicted molar refractivity (Wildman–Crippen MR) is 212 cm³/mol. The summed E-state index contributed by atoms with van der Waals surface area (Å²) in [7, 11) is -3.53. The highest BCUT2D eigenvalue weighted by atomic mass is 32.2. The molecule has 0 aliphatic carbocycles. The van der Waals surface area contributed by atoms with Crippen LogP contribution in [0.2, 0.25) is 0 Å². The van der Waals surface area contributed by atoms with Gasteiger partial charge >= 0.3 is 0 Å². The lowest BCUT2D eigenvalue weighted by Crippen LogP contribution is -2.29. The van der Waals surface area contributed by atoms with Crippen LogP contribution in [0.15, 0.2) is 152 Å². The molecular formula is C44H41N3O5S. The maximum Gasteiger partial charge on any atom is 0.232 e. The van der Waals surface area contributed by atoms with Crippen molar-refractivity contribution < 1.29 is 22.7 Å². The number of hydrogen-bond donors (Lipinski definition) is 1. The first-order valence-electron chi connectivity index (χ1n) is 17.6. The second kappa shape index (κ2) is 16.2. The first-order chi connectivity index (χ1) is 25.8. The summed E-state index contributed by atoms with van der Waals surface area (Å²) >= 11 is 0. The first kappa shape index (κ1) is 35.5. The van der Waals surface area contributed by atoms with Gasteiger partial charge in [-0.1, -0.05) is 91.0 Å². The number of carbonyl (C=O) groups excluding carboxylic acids is 1. The molecule has 0 atom stereocenters. The molecule has 7 aromatic rings. The van der Waals surface area contributed by atoms with Crippen LogP contribution in [0, 0.1) is 0 Å². The maximum atomic E-state index is 13.0. The van der Waals surface area contributed by atoms with Crippen molar-refractivity contribution in [1.29, 1.82) is 0 Å². The molecule has 0 fully saturated rings. The Labute approximate surface area is 310 Å². The Morgan fingerprint density at radius 1 is 0.660 bits per heavy atom. The Hall–Kier alpha value is -5.90. The van der Waals surface area contributed by atoms with Crippen LogP contribution in [0.4, 0.5) is 5.69 Å². The molecule has 1 aromatic heterocycles. The van der Waals surface area contributed by atoms with Crippen molar-refractivity contribution in [2.45, 2.75) is 19.7 Å². The molecular weight excluding hydrogens is 683 g/mol. The number of nitrogens with zero attached hydrogens (tertiary/aromatic N) is 2. The van der Waals surface area contributed by atoms with Gasteiger partial charge in [-0.25, -0.2) is 8.42 Å². The standard InChI is InChI=1S/C44H41N3O5S/c1-53(49,50)47(31-34-13-7-3-8-14-34)37-19-17-36(18-20-37)44(48)29-45-25-26-51-39-21-23-40-41-27-38(52-32-35-15-9-4-10-16-35)22-24-42(41)46(43(40)28-39)30-33-11-5-2-6-12-33/h2-24,27-28,45H,25-26,29-32H2,1H3. The molecule has 0 aliphatic heterocycles. The van der Waals surface area contributed by atoms with Crippen molar-refractivity contribution in [2.24, 2.45) is 0 Å². The number of sulfonamides is 1. The van der Waals surface area contributed by atoms with Crippen molar-refractivity contribution in [3.63, 3.8) is 0 Å². The van der Waals surface area contributed by atoms with Crippen LogP contribution < -0.4 is 19.1 Å². The van der Waals surface area contributed by atoms with Gasteiger partial charge in [0.05, 0.1) is 30.5 Å². The van der Waals surface area contributed by atoms with Gasteiger partial charge < -0.3 is 19.4 Å². The van der Waals surface area contributed by atoms with Gasteiger partial charge in [0.2, 0.25) is 10.0 Å². The van der Waals surface area contributed by atoms with E-state index in [0.717, 1.165) is 44.4 Å². The van der Waals surface area contributed by atoms with Gasteiger partial charge in [0.1, 0.15) is 24.7 Å². The largest absolute Gasteiger partial charge is 0.492 e. The Bertz CT molecular complexity index is 2420. The Morgan fingerprint density at radius 2 is 1.28 bits per heavy atom. The molecule has 53 heavy (non-hydrogen) atoms. The molecule has 0 spiro atoms. The number of rotatable bonds is 16. The number of ether oxygens (including phenoxy) is 2. The van der Waals surface area contributed by atoms with E-state index < -0.39 is 10.0 Å². The lowest BCUT2D eigenvalue weighted by Gasteiger charge is -2.22. The average Bonchev–Trinajstić information content (AvgIpc) is 3.48. The monoisotopic (exact) mass is 723 g/mol. The summed E-state index contributed by atoms with van der Waals surface area (Å²) in [5, 5.41) is 5.41. The quantitative estimate of drug-likeness (QED) is 0.0799. The topological polar surface area (TPSA) is 89.9 Å². The van der Waals surface area contributed by atoms with Crippen LogP contribution >= 0.6 is 0 Å². The van der Waals surface area contributed by atoms with E-state index in [1.807, 2.05) is 66.7 Å². The summed E-state index contributed by atoms with van der Waals surface area (Å²) in [5.41, 5.74) is 6.37. The van der Waals surface area contributed by atoms with Gasteiger partial charge in [0, 0.05) is 41.0 Å². The van der Waals surface area contributed by atoms with Crippen molar-refractivity contribution in [3.8, 4) is 11.5 Å². The SMILES string of the molecule is CS(=O)(=O)N(Cc1ccccc1)c1ccc(C(=O)CNCCOc2ccc3c4cc(OCc5ccccc5)ccc4n(Cc4ccccc4)c3c2)cc1. The fourth-order valence-electron chi connectivity index (χ4n) is 6.42. The van der Waals surface area contributed by atoms with E-state index in [1.165, 1.54) is 16.1 Å². The number of benzene rings is 6. The zero-order valence-electron chi connectivity index (χ0n) is 29.5. The maximum absolute atomic E-state index is 13.0. The summed E-state index contributed by atoms with van der Waals surface area (Å²) < 4.78 is 41.1. The van der Waals surface area contributed by atoms with Crippen molar-refractivity contribution >= 4 is 43.3 Å². The van der Waals surface area contributed by atoms with Crippen LogP contribution in [0.25, 0.3) is 21.8 Å². The third-order valence-corrected chi connectivity index (χ3v) is 10.3. The molecule has 9 heteroatoms. The molecule has 0 saturated heterocycles. The molecule has 0 aliphatic rings. The second-order valence-corrected chi connectivity index (χ2v) is 14.9. The van der Waals surface area contributed by atoms with Gasteiger partial charge in [-0.15, -0.1) is 0 Å². The van der Waals surface area contributed by atoms with Crippen molar-refractivity contribution in [2.75, 3.05) is 30.3 Å². The van der Waals surface area contributed by atoms with Crippen LogP contribution in [0.3, 0.4) is 0 Å². The number of hydrogen-bond acceptors (Lipinski definition) is 6. The van der Waals surface area contributed by atoms with E-state index in [2.05, 4.69) is 70.5 Å². The van der Waals surface area contributed by atoms with Crippen LogP contribution in [-0.4, -0.2) is 44.7 Å². The number of carbonyl (C=O) groups is 1. The summed E-state index contributed by atoms with van der Waals surface area (Å²) in [5.74, 6) is 1.46. The van der Waals surface area contributed by atoms with E-state index in [-0.39, 0.29) is 18.9 Å². The molecule has 0 unspecified atom stereocenters. The molecule has 0 radical (unpaired) electrons. The number of Topliss-reactive ketones (excluding diaryl/α,β-unsaturated/α-hetero) is 1. The number of ketones is 1. The zero-order chi connectivity index (χ0) is 36.6.